The minimum atomic E-state index is -1.91. The number of hydrogen-bond donors (Lipinski definition) is 6. The van der Waals surface area contributed by atoms with Crippen molar-refractivity contribution in [3.63, 3.8) is 0 Å². The van der Waals surface area contributed by atoms with Gasteiger partial charge in [-0.15, -0.1) is 0 Å². The van der Waals surface area contributed by atoms with Crippen LogP contribution in [-0.4, -0.2) is 111 Å². The van der Waals surface area contributed by atoms with Gasteiger partial charge in [0.1, 0.15) is 42.2 Å². The van der Waals surface area contributed by atoms with Crippen molar-refractivity contribution in [3.8, 4) is 0 Å². The molecule has 34 heavy (non-hydrogen) atoms. The molecule has 4 saturated heterocycles. The fourth-order valence-electron chi connectivity index (χ4n) is 5.38. The number of hydrogen-bond acceptors (Lipinski definition) is 12. The largest absolute Gasteiger partial charge is 0.456 e. The van der Waals surface area contributed by atoms with Crippen molar-refractivity contribution in [2.75, 3.05) is 13.2 Å². The maximum Gasteiger partial charge on any atom is 0.338 e. The number of benzene rings is 1. The van der Waals surface area contributed by atoms with Crippen molar-refractivity contribution in [1.29, 1.82) is 0 Å². The zero-order valence-electron chi connectivity index (χ0n) is 18.0. The molecule has 1 aliphatic carbocycles. The van der Waals surface area contributed by atoms with Crippen LogP contribution in [0.25, 0.3) is 0 Å². The summed E-state index contributed by atoms with van der Waals surface area (Å²) in [6, 6.07) is 8.23. The molecule has 0 aromatic heterocycles. The van der Waals surface area contributed by atoms with E-state index in [1.165, 1.54) is 0 Å². The van der Waals surface area contributed by atoms with Gasteiger partial charge in [0.15, 0.2) is 18.9 Å². The molecule has 0 unspecified atom stereocenters. The first-order valence-corrected chi connectivity index (χ1v) is 11.1. The zero-order valence-corrected chi connectivity index (χ0v) is 18.0. The summed E-state index contributed by atoms with van der Waals surface area (Å²) in [7, 11) is 0. The summed E-state index contributed by atoms with van der Waals surface area (Å²) in [5.41, 5.74) is -1.62. The van der Waals surface area contributed by atoms with Gasteiger partial charge in [-0.05, 0) is 12.1 Å². The van der Waals surface area contributed by atoms with Crippen LogP contribution >= 0.6 is 0 Å². The number of carbonyl (C=O) groups excluding carboxylic acids is 1. The van der Waals surface area contributed by atoms with Crippen molar-refractivity contribution >= 4 is 5.97 Å². The second-order valence-electron chi connectivity index (χ2n) is 9.18. The molecule has 188 valence electrons. The van der Waals surface area contributed by atoms with Gasteiger partial charge in [-0.3, -0.25) is 0 Å². The van der Waals surface area contributed by atoms with Crippen LogP contribution in [0.1, 0.15) is 16.8 Å². The monoisotopic (exact) mass is 484 g/mol. The second kappa shape index (κ2) is 9.06. The number of fused-ring (bicyclic) bond motifs is 2. The Kier molecular flexibility index (Phi) is 6.40. The van der Waals surface area contributed by atoms with Crippen LogP contribution in [0.3, 0.4) is 0 Å². The van der Waals surface area contributed by atoms with E-state index in [0.717, 1.165) is 0 Å². The minimum absolute atomic E-state index is 0.200. The van der Waals surface area contributed by atoms with Crippen LogP contribution in [0.2, 0.25) is 0 Å². The van der Waals surface area contributed by atoms with E-state index < -0.39 is 85.5 Å². The summed E-state index contributed by atoms with van der Waals surface area (Å²) in [4.78, 5) is 12.7. The topological polar surface area (TPSA) is 185 Å². The third kappa shape index (κ3) is 3.84. The van der Waals surface area contributed by atoms with Crippen LogP contribution in [0.15, 0.2) is 30.3 Å². The molecule has 4 bridgehead atoms. The Morgan fingerprint density at radius 3 is 2.47 bits per heavy atom. The number of rotatable bonds is 5. The molecular formula is C22H28O12. The van der Waals surface area contributed by atoms with Crippen molar-refractivity contribution in [1.82, 2.24) is 0 Å². The average molecular weight is 484 g/mol. The Morgan fingerprint density at radius 2 is 1.76 bits per heavy atom. The number of esters is 1. The zero-order chi connectivity index (χ0) is 24.2. The summed E-state index contributed by atoms with van der Waals surface area (Å²) in [6.07, 6.45) is -12.2. The molecular weight excluding hydrogens is 456 g/mol. The second-order valence-corrected chi connectivity index (χ2v) is 9.18. The van der Waals surface area contributed by atoms with E-state index in [1.807, 2.05) is 0 Å². The normalized spacial score (nSPS) is 47.9. The lowest BCUT2D eigenvalue weighted by atomic mass is 9.82. The van der Waals surface area contributed by atoms with Gasteiger partial charge in [-0.2, -0.15) is 0 Å². The van der Waals surface area contributed by atoms with E-state index in [2.05, 4.69) is 0 Å². The van der Waals surface area contributed by atoms with Gasteiger partial charge in [-0.25, -0.2) is 4.79 Å². The van der Waals surface area contributed by atoms with Crippen LogP contribution in [0, 0.1) is 11.8 Å². The summed E-state index contributed by atoms with van der Waals surface area (Å²) in [6.45, 7) is -0.956. The predicted octanol–water partition coefficient (Wildman–Crippen LogP) is -2.53. The molecule has 0 amide bonds. The summed E-state index contributed by atoms with van der Waals surface area (Å²) in [5.74, 6) is -2.23. The average Bonchev–Trinajstić information content (AvgIpc) is 2.95. The molecule has 6 N–H and O–H groups in total. The molecule has 0 spiro atoms. The molecule has 12 nitrogen and oxygen atoms in total. The summed E-state index contributed by atoms with van der Waals surface area (Å²) >= 11 is 0. The van der Waals surface area contributed by atoms with Gasteiger partial charge in [-0.1, -0.05) is 18.2 Å². The molecule has 4 heterocycles. The Bertz CT molecular complexity index is 882. The Balaban J connectivity index is 1.38. The van der Waals surface area contributed by atoms with E-state index in [1.54, 1.807) is 30.3 Å². The van der Waals surface area contributed by atoms with Crippen LogP contribution in [0.4, 0.5) is 0 Å². The molecule has 1 aromatic carbocycles. The Labute approximate surface area is 194 Å². The van der Waals surface area contributed by atoms with Crippen molar-refractivity contribution in [2.45, 2.75) is 67.5 Å². The first-order chi connectivity index (χ1) is 16.2. The van der Waals surface area contributed by atoms with Gasteiger partial charge in [0.2, 0.25) is 0 Å². The van der Waals surface area contributed by atoms with Gasteiger partial charge < -0.3 is 54.3 Å². The van der Waals surface area contributed by atoms with E-state index >= 15 is 0 Å². The van der Waals surface area contributed by atoms with Gasteiger partial charge in [0.05, 0.1) is 24.7 Å². The smallest absolute Gasteiger partial charge is 0.338 e. The first-order valence-electron chi connectivity index (χ1n) is 11.1. The van der Waals surface area contributed by atoms with Crippen LogP contribution in [-0.2, 0) is 23.7 Å². The van der Waals surface area contributed by atoms with E-state index in [0.29, 0.717) is 0 Å². The quantitative estimate of drug-likeness (QED) is 0.241. The van der Waals surface area contributed by atoms with E-state index in [4.69, 9.17) is 23.7 Å². The number of carbonyl (C=O) groups is 1. The van der Waals surface area contributed by atoms with E-state index in [9.17, 15) is 35.4 Å². The molecule has 5 fully saturated rings. The fourth-order valence-corrected chi connectivity index (χ4v) is 5.38. The lowest BCUT2D eigenvalue weighted by molar-refractivity contribution is -0.370. The lowest BCUT2D eigenvalue weighted by Gasteiger charge is -2.44. The maximum atomic E-state index is 12.7. The summed E-state index contributed by atoms with van der Waals surface area (Å²) in [5, 5.41) is 62.2. The van der Waals surface area contributed by atoms with Gasteiger partial charge >= 0.3 is 5.97 Å². The standard InChI is InChI=1S/C22H28O12/c23-7-11-14(24)15(25)16(26)21(31-11)34-20-13-10-6-12(32-20)30-8-22(13,29)18(27)17(10)33-19(28)9-4-2-1-3-5-9/h1-5,10-18,20-21,23-27,29H,6-8H2/t10-,11+,12-,13+,14+,15-,16+,17+,18+,20-,21+,22+/m0/s1. The fraction of sp³-hybridized carbons (Fsp3) is 0.682. The van der Waals surface area contributed by atoms with E-state index in [-0.39, 0.29) is 18.6 Å². The highest BCUT2D eigenvalue weighted by atomic mass is 16.8. The highest BCUT2D eigenvalue weighted by Gasteiger charge is 2.69. The highest BCUT2D eigenvalue weighted by Crippen LogP contribution is 2.53. The number of aliphatic hydroxyl groups excluding tert-OH is 5. The third-order valence-corrected chi connectivity index (χ3v) is 7.20. The van der Waals surface area contributed by atoms with Crippen molar-refractivity contribution < 1.29 is 59.1 Å². The van der Waals surface area contributed by atoms with Crippen LogP contribution < -0.4 is 0 Å². The highest BCUT2D eigenvalue weighted by molar-refractivity contribution is 5.89. The number of aliphatic hydroxyl groups is 6. The molecule has 6 rings (SSSR count). The summed E-state index contributed by atoms with van der Waals surface area (Å²) < 4.78 is 28.1. The Morgan fingerprint density at radius 1 is 1.03 bits per heavy atom. The first kappa shape index (κ1) is 24.0. The molecule has 0 radical (unpaired) electrons. The molecule has 4 aliphatic heterocycles. The van der Waals surface area contributed by atoms with Crippen LogP contribution in [0.5, 0.6) is 0 Å². The predicted molar refractivity (Wildman–Crippen MR) is 108 cm³/mol. The number of ether oxygens (including phenoxy) is 5. The SMILES string of the molecule is O=C(O[C@@H]1[C@H]2C[C@H]3OC[C@@](O)([C@H]2[C@H](O[C@H]2O[C@H](CO)[C@@H](O)[C@H](O)[C@H]2O)O3)[C@@H]1O)c1ccccc1. The van der Waals surface area contributed by atoms with Gasteiger partial charge in [0, 0.05) is 12.3 Å². The lowest BCUT2D eigenvalue weighted by Crippen LogP contribution is -2.61. The van der Waals surface area contributed by atoms with Crippen molar-refractivity contribution in [3.05, 3.63) is 35.9 Å². The molecule has 12 atom stereocenters. The molecule has 12 heteroatoms. The molecule has 5 aliphatic rings. The third-order valence-electron chi connectivity index (χ3n) is 7.20. The minimum Gasteiger partial charge on any atom is -0.456 e. The molecule has 1 aromatic rings. The Hall–Kier alpha value is -1.71. The molecule has 1 saturated carbocycles. The van der Waals surface area contributed by atoms with Crippen molar-refractivity contribution in [2.24, 2.45) is 11.8 Å². The van der Waals surface area contributed by atoms with Gasteiger partial charge in [0.25, 0.3) is 0 Å². The maximum absolute atomic E-state index is 12.7.